The van der Waals surface area contributed by atoms with Crippen LogP contribution in [0, 0.1) is 0 Å². The molecule has 1 saturated heterocycles. The Morgan fingerprint density at radius 1 is 1.00 bits per heavy atom. The van der Waals surface area contributed by atoms with Crippen molar-refractivity contribution in [3.63, 3.8) is 0 Å². The summed E-state index contributed by atoms with van der Waals surface area (Å²) in [6.45, 7) is 5.35. The van der Waals surface area contributed by atoms with Crippen molar-refractivity contribution in [2.24, 2.45) is 0 Å². The molecule has 2 heterocycles. The van der Waals surface area contributed by atoms with E-state index in [1.807, 2.05) is 26.0 Å². The SMILES string of the molecule is CCOc1ccc(-c2nnc(CCCOc3ccc(S(=O)(=O)C4(C(=O)NO)CCOCC4)cc3)o2)cc1OCC. The topological polar surface area (TPSA) is 159 Å². The summed E-state index contributed by atoms with van der Waals surface area (Å²) in [5.41, 5.74) is 2.23. The fourth-order valence-electron chi connectivity index (χ4n) is 4.43. The summed E-state index contributed by atoms with van der Waals surface area (Å²) in [6.07, 6.45) is 0.956. The number of benzene rings is 2. The van der Waals surface area contributed by atoms with Gasteiger partial charge in [-0.25, -0.2) is 13.9 Å². The van der Waals surface area contributed by atoms with Crippen molar-refractivity contribution in [1.82, 2.24) is 15.7 Å². The third-order valence-corrected chi connectivity index (χ3v) is 9.04. The second-order valence-electron chi connectivity index (χ2n) is 9.00. The second-order valence-corrected chi connectivity index (χ2v) is 11.3. The first-order valence-corrected chi connectivity index (χ1v) is 14.5. The van der Waals surface area contributed by atoms with Crippen LogP contribution in [0.1, 0.15) is 39.0 Å². The lowest BCUT2D eigenvalue weighted by atomic mass is 9.98. The zero-order valence-corrected chi connectivity index (χ0v) is 23.2. The van der Waals surface area contributed by atoms with Crippen molar-refractivity contribution in [2.45, 2.75) is 49.2 Å². The molecule has 0 aliphatic carbocycles. The molecule has 0 spiro atoms. The predicted octanol–water partition coefficient (Wildman–Crippen LogP) is 3.37. The Balaban J connectivity index is 1.33. The summed E-state index contributed by atoms with van der Waals surface area (Å²) < 4.78 is 52.9. The number of carbonyl (C=O) groups is 1. The number of hydroxylamine groups is 1. The van der Waals surface area contributed by atoms with Gasteiger partial charge >= 0.3 is 0 Å². The Kier molecular flexibility index (Phi) is 9.61. The van der Waals surface area contributed by atoms with Gasteiger partial charge in [0.2, 0.25) is 11.8 Å². The molecule has 13 heteroatoms. The molecular weight excluding hydrogens is 542 g/mol. The van der Waals surface area contributed by atoms with Gasteiger partial charge in [-0.2, -0.15) is 0 Å². The van der Waals surface area contributed by atoms with Crippen molar-refractivity contribution < 1.29 is 41.8 Å². The maximum absolute atomic E-state index is 13.3. The van der Waals surface area contributed by atoms with Gasteiger partial charge < -0.3 is 23.4 Å². The number of carbonyl (C=O) groups excluding carboxylic acids is 1. The van der Waals surface area contributed by atoms with E-state index < -0.39 is 20.5 Å². The van der Waals surface area contributed by atoms with Crippen LogP contribution in [-0.4, -0.2) is 67.5 Å². The number of rotatable bonds is 13. The highest BCUT2D eigenvalue weighted by Gasteiger charge is 2.52. The molecule has 1 aliphatic rings. The lowest BCUT2D eigenvalue weighted by Gasteiger charge is -2.34. The van der Waals surface area contributed by atoms with E-state index in [0.717, 1.165) is 5.56 Å². The highest BCUT2D eigenvalue weighted by molar-refractivity contribution is 7.93. The predicted molar refractivity (Wildman–Crippen MR) is 142 cm³/mol. The van der Waals surface area contributed by atoms with E-state index in [1.54, 1.807) is 6.07 Å². The summed E-state index contributed by atoms with van der Waals surface area (Å²) in [5, 5.41) is 17.4. The lowest BCUT2D eigenvalue weighted by Crippen LogP contribution is -2.54. The number of nitrogens with one attached hydrogen (secondary N) is 1. The van der Waals surface area contributed by atoms with Crippen molar-refractivity contribution in [3.05, 3.63) is 48.4 Å². The molecule has 40 heavy (non-hydrogen) atoms. The number of aromatic nitrogens is 2. The Morgan fingerprint density at radius 3 is 2.38 bits per heavy atom. The quantitative estimate of drug-likeness (QED) is 0.175. The molecule has 0 atom stereocenters. The van der Waals surface area contributed by atoms with E-state index in [2.05, 4.69) is 10.2 Å². The minimum atomic E-state index is -4.10. The Labute approximate surface area is 232 Å². The Morgan fingerprint density at radius 2 is 1.70 bits per heavy atom. The first-order chi connectivity index (χ1) is 19.3. The van der Waals surface area contributed by atoms with Crippen LogP contribution in [0.3, 0.4) is 0 Å². The van der Waals surface area contributed by atoms with Crippen LogP contribution in [-0.2, 0) is 25.8 Å². The molecule has 4 rings (SSSR count). The molecule has 2 N–H and O–H groups in total. The highest BCUT2D eigenvalue weighted by atomic mass is 32.2. The van der Waals surface area contributed by atoms with E-state index in [-0.39, 0.29) is 31.0 Å². The highest BCUT2D eigenvalue weighted by Crippen LogP contribution is 2.36. The van der Waals surface area contributed by atoms with Crippen LogP contribution < -0.4 is 19.7 Å². The molecule has 2 aromatic carbocycles. The van der Waals surface area contributed by atoms with E-state index in [0.29, 0.717) is 61.7 Å². The van der Waals surface area contributed by atoms with Gasteiger partial charge in [0.25, 0.3) is 5.91 Å². The fraction of sp³-hybridized carbons (Fsp3) is 0.444. The van der Waals surface area contributed by atoms with Gasteiger partial charge in [0, 0.05) is 25.2 Å². The number of hydrogen-bond acceptors (Lipinski definition) is 11. The maximum atomic E-state index is 13.3. The molecule has 0 radical (unpaired) electrons. The van der Waals surface area contributed by atoms with Gasteiger partial charge in [-0.3, -0.25) is 10.0 Å². The molecule has 3 aromatic rings. The van der Waals surface area contributed by atoms with Crippen LogP contribution in [0.2, 0.25) is 0 Å². The molecule has 1 amide bonds. The van der Waals surface area contributed by atoms with Crippen molar-refractivity contribution in [3.8, 4) is 28.7 Å². The standard InChI is InChI=1S/C27H33N3O9S/c1-3-36-22-12-7-19(18-23(22)37-4-2)25-29-28-24(39-25)6-5-15-38-20-8-10-21(11-9-20)40(33,34)27(26(31)30-32)13-16-35-17-14-27/h7-12,18,32H,3-6,13-17H2,1-2H3,(H,30,31). The minimum Gasteiger partial charge on any atom is -0.494 e. The minimum absolute atomic E-state index is 0.0366. The molecule has 1 aromatic heterocycles. The van der Waals surface area contributed by atoms with E-state index >= 15 is 0 Å². The maximum Gasteiger partial charge on any atom is 0.265 e. The summed E-state index contributed by atoms with van der Waals surface area (Å²) in [7, 11) is -4.10. The van der Waals surface area contributed by atoms with Crippen molar-refractivity contribution in [2.75, 3.05) is 33.0 Å². The Bertz CT molecular complexity index is 1380. The zero-order chi connectivity index (χ0) is 28.6. The van der Waals surface area contributed by atoms with Gasteiger partial charge in [-0.1, -0.05) is 0 Å². The van der Waals surface area contributed by atoms with Crippen molar-refractivity contribution >= 4 is 15.7 Å². The number of sulfone groups is 1. The van der Waals surface area contributed by atoms with Crippen LogP contribution in [0.25, 0.3) is 11.5 Å². The van der Waals surface area contributed by atoms with Crippen LogP contribution in [0.5, 0.6) is 17.2 Å². The molecule has 216 valence electrons. The summed E-state index contributed by atoms with van der Waals surface area (Å²) >= 11 is 0. The number of aryl methyl sites for hydroxylation is 1. The fourth-order valence-corrected chi connectivity index (χ4v) is 6.37. The average Bonchev–Trinajstić information content (AvgIpc) is 3.45. The van der Waals surface area contributed by atoms with Crippen LogP contribution >= 0.6 is 0 Å². The number of nitrogens with zero attached hydrogens (tertiary/aromatic N) is 2. The number of hydrogen-bond donors (Lipinski definition) is 2. The van der Waals surface area contributed by atoms with Gasteiger partial charge in [0.1, 0.15) is 5.75 Å². The van der Waals surface area contributed by atoms with Crippen molar-refractivity contribution in [1.29, 1.82) is 0 Å². The summed E-state index contributed by atoms with van der Waals surface area (Å²) in [4.78, 5) is 12.3. The first kappa shape index (κ1) is 29.3. The van der Waals surface area contributed by atoms with Crippen LogP contribution in [0.15, 0.2) is 51.8 Å². The summed E-state index contributed by atoms with van der Waals surface area (Å²) in [6, 6.07) is 11.3. The van der Waals surface area contributed by atoms with Gasteiger partial charge in [-0.15, -0.1) is 10.2 Å². The normalized spacial score (nSPS) is 14.9. The second kappa shape index (κ2) is 13.1. The molecule has 0 saturated carbocycles. The summed E-state index contributed by atoms with van der Waals surface area (Å²) in [5.74, 6) is 1.58. The van der Waals surface area contributed by atoms with E-state index in [9.17, 15) is 18.4 Å². The third kappa shape index (κ3) is 6.21. The third-order valence-electron chi connectivity index (χ3n) is 6.53. The lowest BCUT2D eigenvalue weighted by molar-refractivity contribution is -0.134. The molecular formula is C27H33N3O9S. The van der Waals surface area contributed by atoms with Gasteiger partial charge in [0.15, 0.2) is 26.1 Å². The number of ether oxygens (including phenoxy) is 4. The first-order valence-electron chi connectivity index (χ1n) is 13.1. The number of amides is 1. The van der Waals surface area contributed by atoms with E-state index in [4.69, 9.17) is 23.4 Å². The largest absolute Gasteiger partial charge is 0.494 e. The molecule has 12 nitrogen and oxygen atoms in total. The molecule has 0 unspecified atom stereocenters. The van der Waals surface area contributed by atoms with Gasteiger partial charge in [0.05, 0.1) is 24.7 Å². The molecule has 1 fully saturated rings. The Hall–Kier alpha value is -3.68. The average molecular weight is 576 g/mol. The molecule has 1 aliphatic heterocycles. The van der Waals surface area contributed by atoms with E-state index in [1.165, 1.54) is 29.7 Å². The monoisotopic (exact) mass is 575 g/mol. The smallest absolute Gasteiger partial charge is 0.265 e. The van der Waals surface area contributed by atoms with Gasteiger partial charge in [-0.05, 0) is 75.6 Å². The van der Waals surface area contributed by atoms with Crippen LogP contribution in [0.4, 0.5) is 0 Å². The zero-order valence-electron chi connectivity index (χ0n) is 22.4. The molecule has 0 bridgehead atoms.